The molecule has 1 aromatic heterocycles. The summed E-state index contributed by atoms with van der Waals surface area (Å²) in [5, 5.41) is 6.10. The van der Waals surface area contributed by atoms with Crippen LogP contribution in [0.5, 0.6) is 0 Å². The Morgan fingerprint density at radius 3 is 2.65 bits per heavy atom. The van der Waals surface area contributed by atoms with E-state index in [2.05, 4.69) is 10.6 Å². The molecule has 7 nitrogen and oxygen atoms in total. The number of piperidine rings is 1. The minimum absolute atomic E-state index is 0. The van der Waals surface area contributed by atoms with E-state index < -0.39 is 11.2 Å². The summed E-state index contributed by atoms with van der Waals surface area (Å²) in [7, 11) is 0. The van der Waals surface area contributed by atoms with Crippen LogP contribution in [0, 0.1) is 0 Å². The van der Waals surface area contributed by atoms with Crippen molar-refractivity contribution in [2.45, 2.75) is 32.0 Å². The topological polar surface area (TPSA) is 85.1 Å². The van der Waals surface area contributed by atoms with Crippen LogP contribution in [0.1, 0.15) is 18.4 Å². The summed E-state index contributed by atoms with van der Waals surface area (Å²) in [5.41, 5.74) is 0.00651. The minimum atomic E-state index is -0.478. The molecule has 140 valence electrons. The third-order valence-corrected chi connectivity index (χ3v) is 4.30. The fraction of sp³-hybridized carbons (Fsp3) is 0.389. The number of rotatable bonds is 5. The van der Waals surface area contributed by atoms with Crippen molar-refractivity contribution in [3.8, 4) is 0 Å². The van der Waals surface area contributed by atoms with Gasteiger partial charge in [0.15, 0.2) is 0 Å². The third-order valence-electron chi connectivity index (χ3n) is 4.30. The summed E-state index contributed by atoms with van der Waals surface area (Å²) in [5.74, 6) is -0.314. The van der Waals surface area contributed by atoms with Gasteiger partial charge < -0.3 is 10.6 Å². The van der Waals surface area contributed by atoms with Gasteiger partial charge in [0.1, 0.15) is 6.54 Å². The lowest BCUT2D eigenvalue weighted by atomic mass is 10.1. The van der Waals surface area contributed by atoms with Gasteiger partial charge in [-0.2, -0.15) is 0 Å². The van der Waals surface area contributed by atoms with Crippen LogP contribution in [0.3, 0.4) is 0 Å². The number of halogens is 1. The smallest absolute Gasteiger partial charge is 0.331 e. The first-order valence-corrected chi connectivity index (χ1v) is 8.48. The quantitative estimate of drug-likeness (QED) is 0.786. The maximum absolute atomic E-state index is 12.6. The monoisotopic (exact) mass is 378 g/mol. The van der Waals surface area contributed by atoms with Crippen molar-refractivity contribution in [2.24, 2.45) is 0 Å². The number of carbonyl (C=O) groups is 1. The fourth-order valence-corrected chi connectivity index (χ4v) is 2.99. The van der Waals surface area contributed by atoms with E-state index in [9.17, 15) is 14.4 Å². The molecule has 0 radical (unpaired) electrons. The van der Waals surface area contributed by atoms with Gasteiger partial charge in [0.05, 0.1) is 6.54 Å². The Hall–Kier alpha value is -2.38. The van der Waals surface area contributed by atoms with Gasteiger partial charge in [-0.3, -0.25) is 18.7 Å². The molecule has 0 spiro atoms. The first-order chi connectivity index (χ1) is 12.1. The van der Waals surface area contributed by atoms with Crippen LogP contribution >= 0.6 is 12.4 Å². The average Bonchev–Trinajstić information content (AvgIpc) is 2.63. The highest BCUT2D eigenvalue weighted by molar-refractivity contribution is 5.85. The molecule has 0 aliphatic carbocycles. The van der Waals surface area contributed by atoms with Gasteiger partial charge in [-0.25, -0.2) is 4.79 Å². The summed E-state index contributed by atoms with van der Waals surface area (Å²) >= 11 is 0. The van der Waals surface area contributed by atoms with E-state index in [0.717, 1.165) is 29.5 Å². The van der Waals surface area contributed by atoms with Crippen LogP contribution in [0.4, 0.5) is 0 Å². The molecule has 1 fully saturated rings. The van der Waals surface area contributed by atoms with E-state index in [1.165, 1.54) is 16.8 Å². The van der Waals surface area contributed by atoms with Crippen LogP contribution in [0.25, 0.3) is 0 Å². The molecule has 1 atom stereocenters. The standard InChI is InChI=1S/C18H22N4O3.ClH/c23-16(20-15-7-4-9-19-11-15)13-22-17(24)8-10-21(18(22)25)12-14-5-2-1-3-6-14;/h1-3,5-6,8,10,15,19H,4,7,9,11-13H2,(H,20,23);1H/t15-;/m0./s1. The Labute approximate surface area is 157 Å². The first-order valence-electron chi connectivity index (χ1n) is 8.48. The predicted octanol–water partition coefficient (Wildman–Crippen LogP) is 0.348. The van der Waals surface area contributed by atoms with Gasteiger partial charge in [0.2, 0.25) is 5.91 Å². The highest BCUT2D eigenvalue weighted by Gasteiger charge is 2.17. The molecule has 8 heteroatoms. The molecule has 3 rings (SSSR count). The summed E-state index contributed by atoms with van der Waals surface area (Å²) in [6, 6.07) is 10.9. The van der Waals surface area contributed by atoms with Crippen molar-refractivity contribution in [3.63, 3.8) is 0 Å². The minimum Gasteiger partial charge on any atom is -0.351 e. The van der Waals surface area contributed by atoms with E-state index in [-0.39, 0.29) is 30.9 Å². The van der Waals surface area contributed by atoms with Crippen LogP contribution in [-0.2, 0) is 17.9 Å². The third kappa shape index (κ3) is 5.06. The van der Waals surface area contributed by atoms with Gasteiger partial charge in [-0.15, -0.1) is 12.4 Å². The Balaban J connectivity index is 0.00000243. The second kappa shape index (κ2) is 9.35. The molecule has 1 aliphatic heterocycles. The van der Waals surface area contributed by atoms with E-state index in [1.807, 2.05) is 30.3 Å². The molecule has 26 heavy (non-hydrogen) atoms. The van der Waals surface area contributed by atoms with Crippen molar-refractivity contribution in [2.75, 3.05) is 13.1 Å². The van der Waals surface area contributed by atoms with Gasteiger partial charge in [0, 0.05) is 24.8 Å². The number of nitrogens with one attached hydrogen (secondary N) is 2. The maximum Gasteiger partial charge on any atom is 0.331 e. The molecule has 0 unspecified atom stereocenters. The van der Waals surface area contributed by atoms with Crippen molar-refractivity contribution in [1.82, 2.24) is 19.8 Å². The number of aromatic nitrogens is 2. The molecule has 1 saturated heterocycles. The maximum atomic E-state index is 12.6. The van der Waals surface area contributed by atoms with Crippen molar-refractivity contribution in [3.05, 3.63) is 69.0 Å². The Morgan fingerprint density at radius 1 is 1.19 bits per heavy atom. The molecule has 1 amide bonds. The summed E-state index contributed by atoms with van der Waals surface area (Å²) in [4.78, 5) is 36.8. The van der Waals surface area contributed by atoms with E-state index in [0.29, 0.717) is 13.1 Å². The molecular weight excluding hydrogens is 356 g/mol. The second-order valence-corrected chi connectivity index (χ2v) is 6.25. The van der Waals surface area contributed by atoms with Crippen LogP contribution in [0.15, 0.2) is 52.2 Å². The first kappa shape index (κ1) is 19.9. The normalized spacial score (nSPS) is 16.5. The van der Waals surface area contributed by atoms with Crippen molar-refractivity contribution < 1.29 is 4.79 Å². The number of benzene rings is 1. The lowest BCUT2D eigenvalue weighted by molar-refractivity contribution is -0.122. The fourth-order valence-electron chi connectivity index (χ4n) is 2.99. The van der Waals surface area contributed by atoms with Crippen LogP contribution in [-0.4, -0.2) is 34.2 Å². The van der Waals surface area contributed by atoms with Gasteiger partial charge in [-0.05, 0) is 24.9 Å². The molecule has 2 heterocycles. The van der Waals surface area contributed by atoms with E-state index >= 15 is 0 Å². The number of amides is 1. The Bertz CT molecular complexity index is 842. The highest BCUT2D eigenvalue weighted by atomic mass is 35.5. The van der Waals surface area contributed by atoms with Crippen molar-refractivity contribution in [1.29, 1.82) is 0 Å². The lowest BCUT2D eigenvalue weighted by Crippen LogP contribution is -2.49. The van der Waals surface area contributed by atoms with Crippen LogP contribution in [0.2, 0.25) is 0 Å². The van der Waals surface area contributed by atoms with Gasteiger partial charge in [0.25, 0.3) is 5.56 Å². The SMILES string of the molecule is Cl.O=C(Cn1c(=O)ccn(Cc2ccccc2)c1=O)N[C@H]1CCCNC1. The zero-order valence-electron chi connectivity index (χ0n) is 14.4. The number of nitrogens with zero attached hydrogens (tertiary/aromatic N) is 2. The molecule has 2 aromatic rings. The van der Waals surface area contributed by atoms with Crippen LogP contribution < -0.4 is 21.9 Å². The zero-order valence-corrected chi connectivity index (χ0v) is 15.2. The summed E-state index contributed by atoms with van der Waals surface area (Å²) in [6.07, 6.45) is 3.37. The molecule has 2 N–H and O–H groups in total. The Kier molecular flexibility index (Phi) is 7.17. The molecular formula is C18H23ClN4O3. The zero-order chi connectivity index (χ0) is 17.6. The Morgan fingerprint density at radius 2 is 1.96 bits per heavy atom. The van der Waals surface area contributed by atoms with E-state index in [1.54, 1.807) is 0 Å². The average molecular weight is 379 g/mol. The number of carbonyl (C=O) groups excluding carboxylic acids is 1. The lowest BCUT2D eigenvalue weighted by Gasteiger charge is -2.23. The molecule has 0 saturated carbocycles. The summed E-state index contributed by atoms with van der Waals surface area (Å²) < 4.78 is 2.42. The predicted molar refractivity (Wildman–Crippen MR) is 102 cm³/mol. The van der Waals surface area contributed by atoms with E-state index in [4.69, 9.17) is 0 Å². The molecule has 1 aromatic carbocycles. The largest absolute Gasteiger partial charge is 0.351 e. The number of hydrogen-bond donors (Lipinski definition) is 2. The highest BCUT2D eigenvalue weighted by Crippen LogP contribution is 2.01. The van der Waals surface area contributed by atoms with Gasteiger partial charge >= 0.3 is 5.69 Å². The summed E-state index contributed by atoms with van der Waals surface area (Å²) in [6.45, 7) is 1.76. The molecule has 0 bridgehead atoms. The van der Waals surface area contributed by atoms with Gasteiger partial charge in [-0.1, -0.05) is 30.3 Å². The molecule has 1 aliphatic rings. The van der Waals surface area contributed by atoms with Crippen molar-refractivity contribution >= 4 is 18.3 Å². The number of hydrogen-bond acceptors (Lipinski definition) is 4. The second-order valence-electron chi connectivity index (χ2n) is 6.25.